The van der Waals surface area contributed by atoms with Crippen molar-refractivity contribution in [3.05, 3.63) is 125 Å². The number of methoxy groups -OCH3 is 1. The van der Waals surface area contributed by atoms with E-state index in [1.807, 2.05) is 54.6 Å². The highest BCUT2D eigenvalue weighted by Gasteiger charge is 2.14. The van der Waals surface area contributed by atoms with Crippen molar-refractivity contribution in [2.45, 2.75) is 32.4 Å². The first-order valence-electron chi connectivity index (χ1n) is 12.7. The first kappa shape index (κ1) is 26.7. The van der Waals surface area contributed by atoms with Crippen LogP contribution in [-0.2, 0) is 30.8 Å². The Kier molecular flexibility index (Phi) is 9.35. The monoisotopic (exact) mass is 512 g/mol. The first-order chi connectivity index (χ1) is 18.5. The van der Waals surface area contributed by atoms with Crippen LogP contribution in [0.15, 0.2) is 97.1 Å². The van der Waals surface area contributed by atoms with E-state index < -0.39 is 0 Å². The van der Waals surface area contributed by atoms with Crippen LogP contribution >= 0.6 is 0 Å². The van der Waals surface area contributed by atoms with E-state index in [1.165, 1.54) is 17.7 Å². The van der Waals surface area contributed by atoms with Crippen molar-refractivity contribution >= 4 is 11.6 Å². The molecule has 4 aromatic carbocycles. The number of aryl methyl sites for hydroxylation is 1. The molecule has 0 heterocycles. The van der Waals surface area contributed by atoms with Gasteiger partial charge in [-0.1, -0.05) is 66.7 Å². The molecule has 196 valence electrons. The summed E-state index contributed by atoms with van der Waals surface area (Å²) in [6.45, 7) is 1.75. The molecule has 0 aliphatic carbocycles. The van der Waals surface area contributed by atoms with E-state index in [1.54, 1.807) is 13.2 Å². The molecule has 1 amide bonds. The van der Waals surface area contributed by atoms with Crippen LogP contribution in [-0.4, -0.2) is 19.6 Å². The summed E-state index contributed by atoms with van der Waals surface area (Å²) in [6, 6.07) is 30.8. The largest absolute Gasteiger partial charge is 0.493 e. The van der Waals surface area contributed by atoms with Crippen LogP contribution in [0.2, 0.25) is 0 Å². The molecule has 0 unspecified atom stereocenters. The fourth-order valence-electron chi connectivity index (χ4n) is 4.42. The lowest BCUT2D eigenvalue weighted by Gasteiger charge is -2.28. The van der Waals surface area contributed by atoms with Gasteiger partial charge in [-0.05, 0) is 65.4 Å². The number of carbonyl (C=O) groups excluding carboxylic acids is 1. The number of hydrogen-bond acceptors (Lipinski definition) is 4. The predicted octanol–water partition coefficient (Wildman–Crippen LogP) is 6.08. The van der Waals surface area contributed by atoms with Crippen LogP contribution in [0.5, 0.6) is 11.5 Å². The Balaban J connectivity index is 1.50. The maximum absolute atomic E-state index is 13.5. The zero-order chi connectivity index (χ0) is 26.7. The third-order valence-corrected chi connectivity index (χ3v) is 6.37. The molecule has 0 radical (unpaired) electrons. The van der Waals surface area contributed by atoms with E-state index in [4.69, 9.17) is 15.2 Å². The van der Waals surface area contributed by atoms with Crippen molar-refractivity contribution in [3.8, 4) is 11.5 Å². The summed E-state index contributed by atoms with van der Waals surface area (Å²) in [5.41, 5.74) is 10.7. The quantitative estimate of drug-likeness (QED) is 0.236. The Bertz CT molecular complexity index is 1340. The summed E-state index contributed by atoms with van der Waals surface area (Å²) in [7, 11) is 1.62. The van der Waals surface area contributed by atoms with E-state index in [0.29, 0.717) is 24.3 Å². The van der Waals surface area contributed by atoms with Gasteiger partial charge >= 0.3 is 0 Å². The second-order valence-corrected chi connectivity index (χ2v) is 9.16. The molecule has 4 aromatic rings. The van der Waals surface area contributed by atoms with Crippen LogP contribution in [0.25, 0.3) is 0 Å². The predicted molar refractivity (Wildman–Crippen MR) is 149 cm³/mol. The topological polar surface area (TPSA) is 64.8 Å². The van der Waals surface area contributed by atoms with Crippen molar-refractivity contribution in [3.63, 3.8) is 0 Å². The van der Waals surface area contributed by atoms with Crippen LogP contribution < -0.4 is 20.1 Å². The maximum Gasteiger partial charge on any atom is 0.217 e. The molecule has 0 bridgehead atoms. The molecule has 5 nitrogen and oxygen atoms in total. The van der Waals surface area contributed by atoms with Gasteiger partial charge in [0.25, 0.3) is 0 Å². The summed E-state index contributed by atoms with van der Waals surface area (Å²) >= 11 is 0. The Hall–Kier alpha value is -4.32. The number of halogens is 1. The van der Waals surface area contributed by atoms with Crippen LogP contribution in [0.3, 0.4) is 0 Å². The fraction of sp³-hybridized carbons (Fsp3) is 0.219. The van der Waals surface area contributed by atoms with Gasteiger partial charge in [0.15, 0.2) is 11.5 Å². The van der Waals surface area contributed by atoms with Gasteiger partial charge in [0, 0.05) is 25.2 Å². The summed E-state index contributed by atoms with van der Waals surface area (Å²) in [5, 5.41) is 0. The van der Waals surface area contributed by atoms with Crippen molar-refractivity contribution in [2.75, 3.05) is 18.6 Å². The molecular weight excluding hydrogens is 479 g/mol. The minimum absolute atomic E-state index is 0.250. The number of benzene rings is 4. The molecular formula is C32H33FN2O3. The molecule has 0 aliphatic rings. The Labute approximate surface area is 223 Å². The number of amides is 1. The van der Waals surface area contributed by atoms with Crippen LogP contribution in [0.4, 0.5) is 10.1 Å². The highest BCUT2D eigenvalue weighted by Crippen LogP contribution is 2.30. The molecule has 0 saturated heterocycles. The number of carbonyl (C=O) groups is 1. The van der Waals surface area contributed by atoms with Crippen molar-refractivity contribution in [1.82, 2.24) is 0 Å². The maximum atomic E-state index is 13.5. The first-order valence-corrected chi connectivity index (χ1v) is 12.7. The number of rotatable bonds is 13. The average Bonchev–Trinajstić information content (AvgIpc) is 2.94. The van der Waals surface area contributed by atoms with Gasteiger partial charge in [0.1, 0.15) is 12.4 Å². The number of ether oxygens (including phenoxy) is 2. The SMILES string of the molecule is COc1cc(CCN(Cc2ccccc2)c2ccccc2CCC(N)=O)ccc1OCc1cccc(F)c1. The van der Waals surface area contributed by atoms with Crippen LogP contribution in [0, 0.1) is 5.82 Å². The molecule has 0 aromatic heterocycles. The van der Waals surface area contributed by atoms with E-state index in [9.17, 15) is 9.18 Å². The van der Waals surface area contributed by atoms with Gasteiger partial charge in [-0.2, -0.15) is 0 Å². The van der Waals surface area contributed by atoms with Gasteiger partial charge in [0.2, 0.25) is 5.91 Å². The lowest BCUT2D eigenvalue weighted by molar-refractivity contribution is -0.117. The number of nitrogens with two attached hydrogens (primary N) is 1. The fourth-order valence-corrected chi connectivity index (χ4v) is 4.42. The van der Waals surface area contributed by atoms with E-state index in [-0.39, 0.29) is 18.3 Å². The zero-order valence-electron chi connectivity index (χ0n) is 21.6. The van der Waals surface area contributed by atoms with Gasteiger partial charge in [0.05, 0.1) is 7.11 Å². The van der Waals surface area contributed by atoms with Gasteiger partial charge in [-0.15, -0.1) is 0 Å². The lowest BCUT2D eigenvalue weighted by atomic mass is 10.0. The number of nitrogens with zero attached hydrogens (tertiary/aromatic N) is 1. The van der Waals surface area contributed by atoms with Gasteiger partial charge in [-0.3, -0.25) is 4.79 Å². The van der Waals surface area contributed by atoms with Gasteiger partial charge in [-0.25, -0.2) is 4.39 Å². The summed E-state index contributed by atoms with van der Waals surface area (Å²) in [4.78, 5) is 13.8. The smallest absolute Gasteiger partial charge is 0.217 e. The molecule has 4 rings (SSSR count). The Morgan fingerprint density at radius 1 is 0.816 bits per heavy atom. The van der Waals surface area contributed by atoms with Gasteiger partial charge < -0.3 is 20.1 Å². The summed E-state index contributed by atoms with van der Waals surface area (Å²) in [6.07, 6.45) is 1.68. The molecule has 0 aliphatic heterocycles. The van der Waals surface area contributed by atoms with E-state index in [0.717, 1.165) is 41.9 Å². The number of hydrogen-bond donors (Lipinski definition) is 1. The Morgan fingerprint density at radius 2 is 1.58 bits per heavy atom. The molecule has 0 spiro atoms. The molecule has 0 fully saturated rings. The van der Waals surface area contributed by atoms with Crippen LogP contribution in [0.1, 0.15) is 28.7 Å². The Morgan fingerprint density at radius 3 is 2.34 bits per heavy atom. The average molecular weight is 513 g/mol. The molecule has 6 heteroatoms. The third kappa shape index (κ3) is 7.59. The second-order valence-electron chi connectivity index (χ2n) is 9.16. The third-order valence-electron chi connectivity index (χ3n) is 6.37. The standard InChI is InChI=1S/C32H33FN2O3/c1-37-31-21-24(14-16-30(31)38-23-26-10-7-12-28(33)20-26)18-19-35(22-25-8-3-2-4-9-25)29-13-6-5-11-27(29)15-17-32(34)36/h2-14,16,20-21H,15,17-19,22-23H2,1H3,(H2,34,36). The summed E-state index contributed by atoms with van der Waals surface area (Å²) < 4.78 is 25.0. The van der Waals surface area contributed by atoms with E-state index in [2.05, 4.69) is 29.2 Å². The molecule has 2 N–H and O–H groups in total. The van der Waals surface area contributed by atoms with Crippen molar-refractivity contribution in [1.29, 1.82) is 0 Å². The summed E-state index contributed by atoms with van der Waals surface area (Å²) in [5.74, 6) is 0.653. The number of primary amides is 1. The number of para-hydroxylation sites is 1. The zero-order valence-corrected chi connectivity index (χ0v) is 21.6. The van der Waals surface area contributed by atoms with Crippen molar-refractivity contribution in [2.24, 2.45) is 5.73 Å². The second kappa shape index (κ2) is 13.3. The lowest BCUT2D eigenvalue weighted by Crippen LogP contribution is -2.26. The highest BCUT2D eigenvalue weighted by molar-refractivity contribution is 5.74. The highest BCUT2D eigenvalue weighted by atomic mass is 19.1. The molecule has 38 heavy (non-hydrogen) atoms. The van der Waals surface area contributed by atoms with E-state index >= 15 is 0 Å². The number of anilines is 1. The normalized spacial score (nSPS) is 10.7. The minimum Gasteiger partial charge on any atom is -0.493 e. The molecule has 0 atom stereocenters. The molecule has 0 saturated carbocycles. The minimum atomic E-state index is -0.304. The van der Waals surface area contributed by atoms with Crippen molar-refractivity contribution < 1.29 is 18.7 Å².